The maximum Gasteiger partial charge on any atom is 0.191 e. The van der Waals surface area contributed by atoms with Gasteiger partial charge >= 0.3 is 0 Å². The van der Waals surface area contributed by atoms with Crippen LogP contribution in [0, 0.1) is 12.8 Å². The van der Waals surface area contributed by atoms with Crippen molar-refractivity contribution in [2.45, 2.75) is 39.2 Å². The number of rotatable bonds is 7. The minimum absolute atomic E-state index is 0. The lowest BCUT2D eigenvalue weighted by Gasteiger charge is -2.18. The first-order valence-corrected chi connectivity index (χ1v) is 7.86. The third-order valence-corrected chi connectivity index (χ3v) is 3.74. The first-order valence-electron chi connectivity index (χ1n) is 7.86. The van der Waals surface area contributed by atoms with Gasteiger partial charge in [-0.15, -0.1) is 24.0 Å². The summed E-state index contributed by atoms with van der Waals surface area (Å²) in [7, 11) is 1.80. The molecule has 0 aliphatic heterocycles. The molecule has 0 heterocycles. The molecule has 1 aromatic carbocycles. The molecule has 1 atom stereocenters. The van der Waals surface area contributed by atoms with Gasteiger partial charge in [0.05, 0.1) is 6.54 Å². The summed E-state index contributed by atoms with van der Waals surface area (Å²) in [5, 5.41) is 6.67. The van der Waals surface area contributed by atoms with Crippen molar-refractivity contribution in [2.75, 3.05) is 20.1 Å². The highest BCUT2D eigenvalue weighted by Crippen LogP contribution is 2.31. The highest BCUT2D eigenvalue weighted by Gasteiger charge is 2.20. The van der Waals surface area contributed by atoms with E-state index >= 15 is 0 Å². The van der Waals surface area contributed by atoms with Gasteiger partial charge in [0, 0.05) is 13.6 Å². The van der Waals surface area contributed by atoms with Crippen LogP contribution in [-0.2, 0) is 0 Å². The van der Waals surface area contributed by atoms with E-state index in [2.05, 4.69) is 35.5 Å². The van der Waals surface area contributed by atoms with Crippen LogP contribution in [0.4, 0.5) is 0 Å². The number of benzene rings is 1. The van der Waals surface area contributed by atoms with E-state index < -0.39 is 0 Å². The van der Waals surface area contributed by atoms with Gasteiger partial charge in [-0.25, -0.2) is 0 Å². The molecule has 1 aliphatic carbocycles. The molecular weight excluding hydrogens is 389 g/mol. The molecule has 4 nitrogen and oxygen atoms in total. The van der Waals surface area contributed by atoms with Crippen molar-refractivity contribution in [3.05, 3.63) is 29.8 Å². The van der Waals surface area contributed by atoms with Crippen molar-refractivity contribution in [3.63, 3.8) is 0 Å². The maximum absolute atomic E-state index is 5.95. The molecule has 0 saturated heterocycles. The average Bonchev–Trinajstić information content (AvgIpc) is 3.29. The predicted molar refractivity (Wildman–Crippen MR) is 103 cm³/mol. The number of aryl methyl sites for hydroxylation is 1. The zero-order valence-electron chi connectivity index (χ0n) is 13.8. The molecule has 1 aromatic rings. The van der Waals surface area contributed by atoms with E-state index in [9.17, 15) is 0 Å². The van der Waals surface area contributed by atoms with Crippen molar-refractivity contribution in [2.24, 2.45) is 10.9 Å². The smallest absolute Gasteiger partial charge is 0.191 e. The second-order valence-electron chi connectivity index (χ2n) is 5.81. The molecule has 22 heavy (non-hydrogen) atoms. The zero-order valence-corrected chi connectivity index (χ0v) is 16.1. The molecular formula is C17H28IN3O. The van der Waals surface area contributed by atoms with E-state index in [1.54, 1.807) is 7.05 Å². The number of hydrogen-bond acceptors (Lipinski definition) is 2. The molecule has 1 fully saturated rings. The summed E-state index contributed by atoms with van der Waals surface area (Å²) >= 11 is 0. The lowest BCUT2D eigenvalue weighted by molar-refractivity contribution is 0.222. The fraction of sp³-hybridized carbons (Fsp3) is 0.588. The summed E-state index contributed by atoms with van der Waals surface area (Å²) in [5.41, 5.74) is 1.16. The largest absolute Gasteiger partial charge is 0.489 e. The highest BCUT2D eigenvalue weighted by molar-refractivity contribution is 14.0. The first kappa shape index (κ1) is 19.1. The fourth-order valence-electron chi connectivity index (χ4n) is 2.21. The Balaban J connectivity index is 0.00000242. The van der Waals surface area contributed by atoms with Crippen molar-refractivity contribution in [1.82, 2.24) is 10.6 Å². The molecule has 0 spiro atoms. The molecule has 2 rings (SSSR count). The molecule has 0 aromatic heterocycles. The number of nitrogens with zero attached hydrogens (tertiary/aromatic N) is 1. The lowest BCUT2D eigenvalue weighted by atomic mass is 10.2. The van der Waals surface area contributed by atoms with Crippen molar-refractivity contribution < 1.29 is 4.74 Å². The summed E-state index contributed by atoms with van der Waals surface area (Å²) in [6, 6.07) is 8.10. The topological polar surface area (TPSA) is 45.7 Å². The summed E-state index contributed by atoms with van der Waals surface area (Å²) in [6.07, 6.45) is 4.13. The second kappa shape index (κ2) is 9.92. The van der Waals surface area contributed by atoms with E-state index in [0.717, 1.165) is 36.3 Å². The molecule has 2 N–H and O–H groups in total. The Morgan fingerprint density at radius 1 is 1.32 bits per heavy atom. The van der Waals surface area contributed by atoms with E-state index in [1.807, 2.05) is 18.2 Å². The molecule has 0 bridgehead atoms. The van der Waals surface area contributed by atoms with Crippen LogP contribution >= 0.6 is 24.0 Å². The number of guanidine groups is 1. The number of hydrogen-bond donors (Lipinski definition) is 2. The molecule has 0 amide bonds. The van der Waals surface area contributed by atoms with Gasteiger partial charge < -0.3 is 15.4 Å². The van der Waals surface area contributed by atoms with Gasteiger partial charge in [-0.1, -0.05) is 31.0 Å². The van der Waals surface area contributed by atoms with Crippen molar-refractivity contribution >= 4 is 29.9 Å². The quantitative estimate of drug-likeness (QED) is 0.407. The van der Waals surface area contributed by atoms with E-state index in [4.69, 9.17) is 4.74 Å². The summed E-state index contributed by atoms with van der Waals surface area (Å²) < 4.78 is 5.95. The minimum Gasteiger partial charge on any atom is -0.489 e. The van der Waals surface area contributed by atoms with Gasteiger partial charge in [0.25, 0.3) is 0 Å². The van der Waals surface area contributed by atoms with Gasteiger partial charge in [-0.05, 0) is 37.8 Å². The van der Waals surface area contributed by atoms with Gasteiger partial charge in [0.15, 0.2) is 5.96 Å². The number of nitrogens with one attached hydrogen (secondary N) is 2. The molecule has 5 heteroatoms. The van der Waals surface area contributed by atoms with Crippen LogP contribution in [0.5, 0.6) is 5.75 Å². The molecule has 1 unspecified atom stereocenters. The number of para-hydroxylation sites is 1. The van der Waals surface area contributed by atoms with E-state index in [1.165, 1.54) is 19.3 Å². The van der Waals surface area contributed by atoms with E-state index in [-0.39, 0.29) is 30.1 Å². The fourth-order valence-corrected chi connectivity index (χ4v) is 2.21. The van der Waals surface area contributed by atoms with Gasteiger partial charge in [0.1, 0.15) is 11.9 Å². The second-order valence-corrected chi connectivity index (χ2v) is 5.81. The molecule has 1 saturated carbocycles. The van der Waals surface area contributed by atoms with Crippen LogP contribution in [0.3, 0.4) is 0 Å². The van der Waals surface area contributed by atoms with Crippen molar-refractivity contribution in [3.8, 4) is 5.75 Å². The van der Waals surface area contributed by atoms with Gasteiger partial charge in [-0.3, -0.25) is 4.99 Å². The summed E-state index contributed by atoms with van der Waals surface area (Å²) in [4.78, 5) is 4.24. The molecule has 124 valence electrons. The Hall–Kier alpha value is -0.980. The Kier molecular flexibility index (Phi) is 8.60. The van der Waals surface area contributed by atoms with E-state index in [0.29, 0.717) is 0 Å². The van der Waals surface area contributed by atoms with Crippen molar-refractivity contribution in [1.29, 1.82) is 0 Å². The lowest BCUT2D eigenvalue weighted by Crippen LogP contribution is -2.42. The Labute approximate surface area is 151 Å². The van der Waals surface area contributed by atoms with Gasteiger partial charge in [-0.2, -0.15) is 0 Å². The number of halogens is 1. The summed E-state index contributed by atoms with van der Waals surface area (Å²) in [5.74, 6) is 2.75. The van der Waals surface area contributed by atoms with Crippen LogP contribution in [0.2, 0.25) is 0 Å². The maximum atomic E-state index is 5.95. The third kappa shape index (κ3) is 6.85. The normalized spacial score (nSPS) is 15.7. The Bertz CT molecular complexity index is 475. The van der Waals surface area contributed by atoms with Crippen LogP contribution in [0.25, 0.3) is 0 Å². The average molecular weight is 417 g/mol. The summed E-state index contributed by atoms with van der Waals surface area (Å²) in [6.45, 7) is 5.86. The van der Waals surface area contributed by atoms with Crippen LogP contribution in [-0.4, -0.2) is 32.2 Å². The predicted octanol–water partition coefficient (Wildman–Crippen LogP) is 3.35. The SMILES string of the molecule is CN=C(NCCC1CC1)NCC(C)Oc1ccccc1C.I. The van der Waals surface area contributed by atoms with Gasteiger partial charge in [0.2, 0.25) is 0 Å². The number of aliphatic imine (C=N–C) groups is 1. The molecule has 0 radical (unpaired) electrons. The highest BCUT2D eigenvalue weighted by atomic mass is 127. The minimum atomic E-state index is 0. The van der Waals surface area contributed by atoms with Crippen LogP contribution in [0.15, 0.2) is 29.3 Å². The first-order chi connectivity index (χ1) is 10.2. The number of ether oxygens (including phenoxy) is 1. The Morgan fingerprint density at radius 3 is 2.68 bits per heavy atom. The monoisotopic (exact) mass is 417 g/mol. The zero-order chi connectivity index (χ0) is 15.1. The van der Waals surface area contributed by atoms with Crippen LogP contribution < -0.4 is 15.4 Å². The molecule has 1 aliphatic rings. The standard InChI is InChI=1S/C17H27N3O.HI/c1-13-6-4-5-7-16(13)21-14(2)12-20-17(18-3)19-11-10-15-8-9-15;/h4-7,14-15H,8-12H2,1-3H3,(H2,18,19,20);1H. The Morgan fingerprint density at radius 2 is 2.05 bits per heavy atom. The third-order valence-electron chi connectivity index (χ3n) is 3.74. The van der Waals surface area contributed by atoms with Crippen LogP contribution in [0.1, 0.15) is 31.7 Å².